The Hall–Kier alpha value is -1.26. The first-order valence-corrected chi connectivity index (χ1v) is 7.58. The Labute approximate surface area is 121 Å². The minimum absolute atomic E-state index is 0.0378. The van der Waals surface area contributed by atoms with Gasteiger partial charge >= 0.3 is 12.0 Å². The molecule has 2 amide bonds. The lowest BCUT2D eigenvalue weighted by Gasteiger charge is -2.37. The molecule has 5 heteroatoms. The van der Waals surface area contributed by atoms with Crippen molar-refractivity contribution in [3.8, 4) is 0 Å². The Morgan fingerprint density at radius 3 is 2.50 bits per heavy atom. The van der Waals surface area contributed by atoms with Crippen molar-refractivity contribution >= 4 is 12.0 Å². The van der Waals surface area contributed by atoms with Crippen LogP contribution in [0.5, 0.6) is 0 Å². The van der Waals surface area contributed by atoms with Crippen LogP contribution in [0.1, 0.15) is 53.4 Å². The average molecular weight is 284 g/mol. The van der Waals surface area contributed by atoms with Crippen LogP contribution in [-0.2, 0) is 4.79 Å². The minimum Gasteiger partial charge on any atom is -0.480 e. The summed E-state index contributed by atoms with van der Waals surface area (Å²) in [6, 6.07) is -0.924. The van der Waals surface area contributed by atoms with E-state index in [1.807, 2.05) is 0 Å². The molecule has 5 nitrogen and oxygen atoms in total. The summed E-state index contributed by atoms with van der Waals surface area (Å²) in [5, 5.41) is 12.2. The summed E-state index contributed by atoms with van der Waals surface area (Å²) in [5.74, 6) is -0.486. The molecule has 0 spiro atoms. The van der Waals surface area contributed by atoms with Gasteiger partial charge in [-0.15, -0.1) is 0 Å². The number of carbonyl (C=O) groups is 2. The van der Waals surface area contributed by atoms with Gasteiger partial charge in [0.05, 0.1) is 0 Å². The summed E-state index contributed by atoms with van der Waals surface area (Å²) in [7, 11) is 0. The molecule has 116 valence electrons. The van der Waals surface area contributed by atoms with Crippen LogP contribution >= 0.6 is 0 Å². The van der Waals surface area contributed by atoms with E-state index < -0.39 is 12.0 Å². The fourth-order valence-electron chi connectivity index (χ4n) is 2.43. The highest BCUT2D eigenvalue weighted by Crippen LogP contribution is 2.26. The number of urea groups is 1. The summed E-state index contributed by atoms with van der Waals surface area (Å²) < 4.78 is 0. The predicted molar refractivity (Wildman–Crippen MR) is 78.6 cm³/mol. The lowest BCUT2D eigenvalue weighted by molar-refractivity contribution is -0.144. The number of aliphatic carboxylic acids is 1. The third-order valence-electron chi connectivity index (χ3n) is 4.51. The lowest BCUT2D eigenvalue weighted by atomic mass is 9.89. The molecule has 1 saturated heterocycles. The van der Waals surface area contributed by atoms with Gasteiger partial charge in [0.1, 0.15) is 6.04 Å². The first-order valence-electron chi connectivity index (χ1n) is 7.58. The molecule has 0 aromatic rings. The van der Waals surface area contributed by atoms with Gasteiger partial charge in [-0.2, -0.15) is 0 Å². The molecule has 1 fully saturated rings. The number of nitrogens with zero attached hydrogens (tertiary/aromatic N) is 1. The highest BCUT2D eigenvalue weighted by molar-refractivity contribution is 5.82. The van der Waals surface area contributed by atoms with E-state index in [2.05, 4.69) is 33.0 Å². The van der Waals surface area contributed by atoms with Crippen molar-refractivity contribution in [1.29, 1.82) is 0 Å². The van der Waals surface area contributed by atoms with E-state index in [0.29, 0.717) is 25.4 Å². The fourth-order valence-corrected chi connectivity index (χ4v) is 2.43. The molecule has 0 saturated carbocycles. The molecule has 0 aromatic carbocycles. The Bertz CT molecular complexity index is 355. The summed E-state index contributed by atoms with van der Waals surface area (Å²) in [4.78, 5) is 25.1. The maximum atomic E-state index is 12.2. The van der Waals surface area contributed by atoms with Crippen LogP contribution < -0.4 is 5.32 Å². The Kier molecular flexibility index (Phi) is 5.84. The van der Waals surface area contributed by atoms with Crippen LogP contribution in [-0.4, -0.2) is 41.1 Å². The maximum absolute atomic E-state index is 12.2. The van der Waals surface area contributed by atoms with E-state index in [9.17, 15) is 14.7 Å². The van der Waals surface area contributed by atoms with E-state index in [1.54, 1.807) is 0 Å². The minimum atomic E-state index is -0.895. The van der Waals surface area contributed by atoms with Crippen molar-refractivity contribution in [3.63, 3.8) is 0 Å². The topological polar surface area (TPSA) is 69.6 Å². The smallest absolute Gasteiger partial charge is 0.326 e. The van der Waals surface area contributed by atoms with Gasteiger partial charge in [0.2, 0.25) is 0 Å². The van der Waals surface area contributed by atoms with Gasteiger partial charge in [-0.3, -0.25) is 0 Å². The van der Waals surface area contributed by atoms with Gasteiger partial charge in [-0.05, 0) is 30.6 Å². The highest BCUT2D eigenvalue weighted by atomic mass is 16.4. The van der Waals surface area contributed by atoms with Crippen LogP contribution in [0.3, 0.4) is 0 Å². The average Bonchev–Trinajstić information content (AvgIpc) is 2.44. The first-order chi connectivity index (χ1) is 9.30. The van der Waals surface area contributed by atoms with Crippen LogP contribution in [0.4, 0.5) is 4.79 Å². The SMILES string of the molecule is CCC1CCN(C(=O)NCC(C)(C)CC)C(C(=O)O)C1. The molecule has 2 atom stereocenters. The number of carboxylic acids is 1. The third kappa shape index (κ3) is 4.39. The van der Waals surface area contributed by atoms with E-state index in [1.165, 1.54) is 4.90 Å². The molecule has 2 N–H and O–H groups in total. The predicted octanol–water partition coefficient (Wildman–Crippen LogP) is 2.71. The van der Waals surface area contributed by atoms with Crippen molar-refractivity contribution in [2.24, 2.45) is 11.3 Å². The van der Waals surface area contributed by atoms with E-state index in [0.717, 1.165) is 19.3 Å². The van der Waals surface area contributed by atoms with Gasteiger partial charge in [0.15, 0.2) is 0 Å². The zero-order valence-electron chi connectivity index (χ0n) is 13.1. The number of hydrogen-bond acceptors (Lipinski definition) is 2. The fraction of sp³-hybridized carbons (Fsp3) is 0.867. The molecule has 20 heavy (non-hydrogen) atoms. The number of rotatable bonds is 5. The molecular formula is C15H28N2O3. The van der Waals surface area contributed by atoms with Gasteiger partial charge in [0.25, 0.3) is 0 Å². The van der Waals surface area contributed by atoms with E-state index in [-0.39, 0.29) is 11.4 Å². The van der Waals surface area contributed by atoms with Gasteiger partial charge in [-0.25, -0.2) is 9.59 Å². The quantitative estimate of drug-likeness (QED) is 0.815. The summed E-state index contributed by atoms with van der Waals surface area (Å²) in [6.45, 7) is 9.44. The molecule has 1 rings (SSSR count). The Morgan fingerprint density at radius 2 is 2.00 bits per heavy atom. The largest absolute Gasteiger partial charge is 0.480 e. The molecule has 0 aliphatic carbocycles. The highest BCUT2D eigenvalue weighted by Gasteiger charge is 2.35. The normalized spacial score (nSPS) is 23.5. The summed E-state index contributed by atoms with van der Waals surface area (Å²) >= 11 is 0. The molecular weight excluding hydrogens is 256 g/mol. The number of likely N-dealkylation sites (tertiary alicyclic amines) is 1. The maximum Gasteiger partial charge on any atom is 0.326 e. The zero-order valence-corrected chi connectivity index (χ0v) is 13.1. The number of nitrogens with one attached hydrogen (secondary N) is 1. The van der Waals surface area contributed by atoms with Crippen LogP contribution in [0.25, 0.3) is 0 Å². The standard InChI is InChI=1S/C15H28N2O3/c1-5-11-7-8-17(12(9-11)13(18)19)14(20)16-10-15(3,4)6-2/h11-12H,5-10H2,1-4H3,(H,16,20)(H,18,19). The lowest BCUT2D eigenvalue weighted by Crippen LogP contribution is -2.54. The second-order valence-electron chi connectivity index (χ2n) is 6.52. The molecule has 2 unspecified atom stereocenters. The monoisotopic (exact) mass is 284 g/mol. The number of hydrogen-bond donors (Lipinski definition) is 2. The van der Waals surface area contributed by atoms with E-state index in [4.69, 9.17) is 0 Å². The molecule has 1 aliphatic rings. The van der Waals surface area contributed by atoms with Crippen LogP contribution in [0.15, 0.2) is 0 Å². The van der Waals surface area contributed by atoms with Crippen LogP contribution in [0, 0.1) is 11.3 Å². The van der Waals surface area contributed by atoms with Gasteiger partial charge < -0.3 is 15.3 Å². The number of carbonyl (C=O) groups excluding carboxylic acids is 1. The first kappa shape index (κ1) is 16.8. The number of carboxylic acid groups (broad SMARTS) is 1. The number of amides is 2. The van der Waals surface area contributed by atoms with Gasteiger partial charge in [0, 0.05) is 13.1 Å². The second-order valence-corrected chi connectivity index (χ2v) is 6.52. The molecule has 0 radical (unpaired) electrons. The Morgan fingerprint density at radius 1 is 1.35 bits per heavy atom. The summed E-state index contributed by atoms with van der Waals surface area (Å²) in [6.07, 6.45) is 3.40. The summed E-state index contributed by atoms with van der Waals surface area (Å²) in [5.41, 5.74) is 0.0378. The third-order valence-corrected chi connectivity index (χ3v) is 4.51. The van der Waals surface area contributed by atoms with Gasteiger partial charge in [-0.1, -0.05) is 34.1 Å². The number of piperidine rings is 1. The zero-order chi connectivity index (χ0) is 15.3. The van der Waals surface area contributed by atoms with Crippen molar-refractivity contribution in [1.82, 2.24) is 10.2 Å². The molecule has 1 aliphatic heterocycles. The second kappa shape index (κ2) is 6.95. The molecule has 1 heterocycles. The molecule has 0 bridgehead atoms. The van der Waals surface area contributed by atoms with Crippen molar-refractivity contribution < 1.29 is 14.7 Å². The van der Waals surface area contributed by atoms with Crippen molar-refractivity contribution in [2.75, 3.05) is 13.1 Å². The van der Waals surface area contributed by atoms with Crippen molar-refractivity contribution in [3.05, 3.63) is 0 Å². The Balaban J connectivity index is 2.63. The van der Waals surface area contributed by atoms with Crippen LogP contribution in [0.2, 0.25) is 0 Å². The molecule has 0 aromatic heterocycles. The van der Waals surface area contributed by atoms with E-state index >= 15 is 0 Å². The van der Waals surface area contributed by atoms with Crippen molar-refractivity contribution in [2.45, 2.75) is 59.4 Å².